The number of pyridine rings is 1. The number of halogens is 4. The number of benzene rings is 1. The summed E-state index contributed by atoms with van der Waals surface area (Å²) in [5, 5.41) is 0. The molecule has 2 aromatic rings. The monoisotopic (exact) mass is 328 g/mol. The fraction of sp³-hybridized carbons (Fsp3) is 0.200. The van der Waals surface area contributed by atoms with Crippen LogP contribution in [0.2, 0.25) is 0 Å². The maximum atomic E-state index is 13.1. The molecule has 23 heavy (non-hydrogen) atoms. The Kier molecular flexibility index (Phi) is 4.26. The third kappa shape index (κ3) is 3.41. The standard InChI is InChI=1S/C15H12F4N2O2/c1-7-5-9(16)3-4-11(7)23-14-12(13(20)22)8(2)10(6-21-14)15(17,18)19/h3-6H,1-2H3,(H2,20,22). The van der Waals surface area contributed by atoms with Gasteiger partial charge in [0.2, 0.25) is 5.88 Å². The van der Waals surface area contributed by atoms with Gasteiger partial charge >= 0.3 is 6.18 Å². The zero-order valence-corrected chi connectivity index (χ0v) is 12.2. The van der Waals surface area contributed by atoms with E-state index in [1.165, 1.54) is 12.1 Å². The summed E-state index contributed by atoms with van der Waals surface area (Å²) in [5.74, 6) is -1.81. The van der Waals surface area contributed by atoms with Gasteiger partial charge in [-0.15, -0.1) is 0 Å². The van der Waals surface area contributed by atoms with Gasteiger partial charge in [0.1, 0.15) is 17.1 Å². The molecule has 2 rings (SSSR count). The van der Waals surface area contributed by atoms with E-state index in [0.717, 1.165) is 13.0 Å². The third-order valence-electron chi connectivity index (χ3n) is 3.20. The molecule has 0 bridgehead atoms. The van der Waals surface area contributed by atoms with Crippen molar-refractivity contribution in [3.63, 3.8) is 0 Å². The van der Waals surface area contributed by atoms with Gasteiger partial charge in [-0.1, -0.05) is 0 Å². The van der Waals surface area contributed by atoms with Crippen molar-refractivity contribution < 1.29 is 27.1 Å². The van der Waals surface area contributed by atoms with Crippen LogP contribution in [0.4, 0.5) is 17.6 Å². The Balaban J connectivity index is 2.55. The van der Waals surface area contributed by atoms with Gasteiger partial charge in [0.05, 0.1) is 5.56 Å². The molecule has 2 N–H and O–H groups in total. The Morgan fingerprint density at radius 1 is 1.26 bits per heavy atom. The SMILES string of the molecule is Cc1cc(F)ccc1Oc1ncc(C(F)(F)F)c(C)c1C(N)=O. The van der Waals surface area contributed by atoms with Crippen LogP contribution in [0.15, 0.2) is 24.4 Å². The van der Waals surface area contributed by atoms with Crippen molar-refractivity contribution in [2.24, 2.45) is 5.73 Å². The largest absolute Gasteiger partial charge is 0.438 e. The maximum Gasteiger partial charge on any atom is 0.418 e. The Bertz CT molecular complexity index is 773. The average Bonchev–Trinajstić information content (AvgIpc) is 2.40. The van der Waals surface area contributed by atoms with Gasteiger partial charge < -0.3 is 10.5 Å². The van der Waals surface area contributed by atoms with Crippen LogP contribution < -0.4 is 10.5 Å². The van der Waals surface area contributed by atoms with Crippen molar-refractivity contribution in [3.05, 3.63) is 52.5 Å². The minimum atomic E-state index is -4.67. The van der Waals surface area contributed by atoms with Gasteiger partial charge in [-0.3, -0.25) is 4.79 Å². The predicted octanol–water partition coefficient (Wildman–Crippen LogP) is 3.75. The quantitative estimate of drug-likeness (QED) is 0.873. The lowest BCUT2D eigenvalue weighted by molar-refractivity contribution is -0.138. The molecule has 0 radical (unpaired) electrons. The van der Waals surface area contributed by atoms with Gasteiger partial charge in [0.25, 0.3) is 5.91 Å². The first-order chi connectivity index (χ1) is 10.6. The van der Waals surface area contributed by atoms with E-state index in [-0.39, 0.29) is 17.2 Å². The number of aryl methyl sites for hydroxylation is 1. The molecule has 0 saturated heterocycles. The first kappa shape index (κ1) is 16.7. The second-order valence-electron chi connectivity index (χ2n) is 4.85. The Morgan fingerprint density at radius 3 is 2.43 bits per heavy atom. The van der Waals surface area contributed by atoms with Gasteiger partial charge in [0.15, 0.2) is 0 Å². The number of carbonyl (C=O) groups excluding carboxylic acids is 1. The molecule has 0 atom stereocenters. The summed E-state index contributed by atoms with van der Waals surface area (Å²) in [7, 11) is 0. The van der Waals surface area contributed by atoms with Crippen molar-refractivity contribution in [2.45, 2.75) is 20.0 Å². The summed E-state index contributed by atoms with van der Waals surface area (Å²) in [6.45, 7) is 2.65. The van der Waals surface area contributed by atoms with Crippen molar-refractivity contribution in [2.75, 3.05) is 0 Å². The van der Waals surface area contributed by atoms with Crippen molar-refractivity contribution in [1.29, 1.82) is 0 Å². The molecule has 0 spiro atoms. The van der Waals surface area contributed by atoms with Gasteiger partial charge in [-0.2, -0.15) is 13.2 Å². The zero-order chi connectivity index (χ0) is 17.4. The number of primary amides is 1. The van der Waals surface area contributed by atoms with E-state index in [0.29, 0.717) is 11.8 Å². The highest BCUT2D eigenvalue weighted by Crippen LogP contribution is 2.36. The first-order valence-electron chi connectivity index (χ1n) is 6.42. The summed E-state index contributed by atoms with van der Waals surface area (Å²) < 4.78 is 57.1. The van der Waals surface area contributed by atoms with Crippen LogP contribution in [0.5, 0.6) is 11.6 Å². The molecule has 0 saturated carbocycles. The Labute approximate surface area is 128 Å². The van der Waals surface area contributed by atoms with Gasteiger partial charge in [-0.05, 0) is 43.2 Å². The van der Waals surface area contributed by atoms with Crippen molar-refractivity contribution >= 4 is 5.91 Å². The van der Waals surface area contributed by atoms with E-state index < -0.39 is 29.0 Å². The maximum absolute atomic E-state index is 13.1. The summed E-state index contributed by atoms with van der Waals surface area (Å²) in [6, 6.07) is 3.57. The number of nitrogens with zero attached hydrogens (tertiary/aromatic N) is 1. The number of hydrogen-bond acceptors (Lipinski definition) is 3. The first-order valence-corrected chi connectivity index (χ1v) is 6.42. The van der Waals surface area contributed by atoms with Crippen LogP contribution in [0.1, 0.15) is 27.0 Å². The molecular formula is C15H12F4N2O2. The molecule has 0 unspecified atom stereocenters. The molecular weight excluding hydrogens is 316 g/mol. The average molecular weight is 328 g/mol. The fourth-order valence-corrected chi connectivity index (χ4v) is 2.06. The van der Waals surface area contributed by atoms with Crippen LogP contribution in [0.25, 0.3) is 0 Å². The topological polar surface area (TPSA) is 65.2 Å². The Morgan fingerprint density at radius 2 is 1.91 bits per heavy atom. The number of amides is 1. The van der Waals surface area contributed by atoms with Crippen molar-refractivity contribution in [1.82, 2.24) is 4.98 Å². The smallest absolute Gasteiger partial charge is 0.418 e. The zero-order valence-electron chi connectivity index (χ0n) is 12.2. The summed E-state index contributed by atoms with van der Waals surface area (Å²) in [6.07, 6.45) is -4.11. The highest BCUT2D eigenvalue weighted by molar-refractivity contribution is 5.97. The molecule has 0 aliphatic rings. The predicted molar refractivity (Wildman–Crippen MR) is 73.7 cm³/mol. The van der Waals surface area contributed by atoms with E-state index in [2.05, 4.69) is 4.98 Å². The van der Waals surface area contributed by atoms with Crippen LogP contribution in [-0.4, -0.2) is 10.9 Å². The molecule has 122 valence electrons. The van der Waals surface area contributed by atoms with E-state index in [9.17, 15) is 22.4 Å². The second-order valence-corrected chi connectivity index (χ2v) is 4.85. The number of ether oxygens (including phenoxy) is 1. The van der Waals surface area contributed by atoms with E-state index in [1.54, 1.807) is 6.92 Å². The molecule has 1 aromatic carbocycles. The lowest BCUT2D eigenvalue weighted by Gasteiger charge is -2.16. The van der Waals surface area contributed by atoms with Crippen LogP contribution >= 0.6 is 0 Å². The number of nitrogens with two attached hydrogens (primary N) is 1. The van der Waals surface area contributed by atoms with E-state index >= 15 is 0 Å². The number of aromatic nitrogens is 1. The summed E-state index contributed by atoms with van der Waals surface area (Å²) >= 11 is 0. The van der Waals surface area contributed by atoms with Crippen molar-refractivity contribution in [3.8, 4) is 11.6 Å². The molecule has 0 fully saturated rings. The molecule has 4 nitrogen and oxygen atoms in total. The Hall–Kier alpha value is -2.64. The molecule has 8 heteroatoms. The van der Waals surface area contributed by atoms with Crippen LogP contribution in [0, 0.1) is 19.7 Å². The molecule has 1 amide bonds. The van der Waals surface area contributed by atoms with E-state index in [4.69, 9.17) is 10.5 Å². The lowest BCUT2D eigenvalue weighted by Crippen LogP contribution is -2.19. The summed E-state index contributed by atoms with van der Waals surface area (Å²) in [5.41, 5.74) is 3.62. The number of alkyl halides is 3. The van der Waals surface area contributed by atoms with Crippen LogP contribution in [0.3, 0.4) is 0 Å². The number of carbonyl (C=O) groups is 1. The summed E-state index contributed by atoms with van der Waals surface area (Å²) in [4.78, 5) is 15.1. The molecule has 1 aromatic heterocycles. The minimum absolute atomic E-state index is 0.153. The molecule has 0 aliphatic carbocycles. The van der Waals surface area contributed by atoms with E-state index in [1.807, 2.05) is 0 Å². The highest BCUT2D eigenvalue weighted by Gasteiger charge is 2.35. The fourth-order valence-electron chi connectivity index (χ4n) is 2.06. The van der Waals surface area contributed by atoms with Gasteiger partial charge in [-0.25, -0.2) is 9.37 Å². The molecule has 0 aliphatic heterocycles. The van der Waals surface area contributed by atoms with Gasteiger partial charge in [0, 0.05) is 6.20 Å². The number of hydrogen-bond donors (Lipinski definition) is 1. The number of rotatable bonds is 3. The normalized spacial score (nSPS) is 11.4. The van der Waals surface area contributed by atoms with Crippen LogP contribution in [-0.2, 0) is 6.18 Å². The lowest BCUT2D eigenvalue weighted by atomic mass is 10.0. The minimum Gasteiger partial charge on any atom is -0.438 e. The second kappa shape index (κ2) is 5.86. The molecule has 1 heterocycles. The third-order valence-corrected chi connectivity index (χ3v) is 3.20. The highest BCUT2D eigenvalue weighted by atomic mass is 19.4.